The van der Waals surface area contributed by atoms with E-state index in [1.807, 2.05) is 0 Å². The number of carbonyl (C=O) groups excluding carboxylic acids is 2. The van der Waals surface area contributed by atoms with Gasteiger partial charge < -0.3 is 19.7 Å². The predicted octanol–water partition coefficient (Wildman–Crippen LogP) is 2.29. The van der Waals surface area contributed by atoms with E-state index in [0.29, 0.717) is 23.7 Å². The first-order valence-electron chi connectivity index (χ1n) is 7.89. The molecule has 6 nitrogen and oxygen atoms in total. The predicted molar refractivity (Wildman–Crippen MR) is 87.8 cm³/mol. The summed E-state index contributed by atoms with van der Waals surface area (Å²) in [6, 6.07) is 5.21. The zero-order valence-corrected chi connectivity index (χ0v) is 13.9. The Hall–Kier alpha value is -2.24. The van der Waals surface area contributed by atoms with Crippen LogP contribution in [0.5, 0.6) is 11.5 Å². The van der Waals surface area contributed by atoms with Crippen LogP contribution in [0, 0.1) is 5.92 Å². The second-order valence-electron chi connectivity index (χ2n) is 5.65. The zero-order valence-electron chi connectivity index (χ0n) is 13.9. The first-order valence-corrected chi connectivity index (χ1v) is 7.89. The van der Waals surface area contributed by atoms with E-state index in [0.717, 1.165) is 19.4 Å². The van der Waals surface area contributed by atoms with Gasteiger partial charge in [0.05, 0.1) is 25.8 Å². The molecule has 1 aromatic rings. The van der Waals surface area contributed by atoms with Crippen LogP contribution in [0.25, 0.3) is 0 Å². The Morgan fingerprint density at radius 1 is 1.35 bits per heavy atom. The van der Waals surface area contributed by atoms with Gasteiger partial charge in [-0.3, -0.25) is 9.59 Å². The average Bonchev–Trinajstić information content (AvgIpc) is 2.93. The fraction of sp³-hybridized carbons (Fsp3) is 0.529. The Labute approximate surface area is 136 Å². The molecule has 2 rings (SSSR count). The molecule has 0 saturated carbocycles. The van der Waals surface area contributed by atoms with Gasteiger partial charge in [0.25, 0.3) is 0 Å². The number of hydrogen-bond acceptors (Lipinski definition) is 4. The number of hydrogen-bond donors (Lipinski definition) is 1. The van der Waals surface area contributed by atoms with E-state index in [4.69, 9.17) is 9.47 Å². The van der Waals surface area contributed by atoms with Gasteiger partial charge in [0.2, 0.25) is 11.8 Å². The Balaban J connectivity index is 2.03. The molecular weight excluding hydrogens is 296 g/mol. The molecule has 6 heteroatoms. The summed E-state index contributed by atoms with van der Waals surface area (Å²) < 4.78 is 10.4. The molecule has 0 radical (unpaired) electrons. The largest absolute Gasteiger partial charge is 0.497 e. The zero-order chi connectivity index (χ0) is 16.8. The smallest absolute Gasteiger partial charge is 0.229 e. The molecule has 0 spiro atoms. The molecule has 126 valence electrons. The van der Waals surface area contributed by atoms with Crippen molar-refractivity contribution in [3.63, 3.8) is 0 Å². The van der Waals surface area contributed by atoms with E-state index < -0.39 is 0 Å². The summed E-state index contributed by atoms with van der Waals surface area (Å²) in [6.07, 6.45) is 2.26. The number of benzene rings is 1. The van der Waals surface area contributed by atoms with Crippen LogP contribution < -0.4 is 14.8 Å². The average molecular weight is 320 g/mol. The SMILES string of the molecule is CCCCN1C[C@H](C(=O)Nc2cc(OC)ccc2OC)CC1=O. The third-order valence-electron chi connectivity index (χ3n) is 4.03. The lowest BCUT2D eigenvalue weighted by Gasteiger charge is -2.16. The number of amides is 2. The van der Waals surface area contributed by atoms with Crippen molar-refractivity contribution in [1.82, 2.24) is 4.90 Å². The lowest BCUT2D eigenvalue weighted by Crippen LogP contribution is -2.29. The van der Waals surface area contributed by atoms with E-state index in [-0.39, 0.29) is 24.2 Å². The summed E-state index contributed by atoms with van der Waals surface area (Å²) >= 11 is 0. The van der Waals surface area contributed by atoms with Crippen molar-refractivity contribution in [1.29, 1.82) is 0 Å². The van der Waals surface area contributed by atoms with Crippen molar-refractivity contribution in [3.8, 4) is 11.5 Å². The summed E-state index contributed by atoms with van der Waals surface area (Å²) in [5.74, 6) is 0.759. The second-order valence-corrected chi connectivity index (χ2v) is 5.65. The highest BCUT2D eigenvalue weighted by Gasteiger charge is 2.34. The number of ether oxygens (including phenoxy) is 2. The number of carbonyl (C=O) groups is 2. The fourth-order valence-corrected chi connectivity index (χ4v) is 2.66. The Morgan fingerprint density at radius 2 is 2.13 bits per heavy atom. The van der Waals surface area contributed by atoms with E-state index in [1.54, 1.807) is 37.3 Å². The van der Waals surface area contributed by atoms with Crippen LogP contribution in [-0.2, 0) is 9.59 Å². The highest BCUT2D eigenvalue weighted by atomic mass is 16.5. The number of methoxy groups -OCH3 is 2. The number of unbranched alkanes of at least 4 members (excludes halogenated alkanes) is 1. The minimum Gasteiger partial charge on any atom is -0.497 e. The lowest BCUT2D eigenvalue weighted by molar-refractivity contribution is -0.128. The lowest BCUT2D eigenvalue weighted by atomic mass is 10.1. The van der Waals surface area contributed by atoms with Crippen LogP contribution in [0.15, 0.2) is 18.2 Å². The first-order chi connectivity index (χ1) is 11.1. The maximum Gasteiger partial charge on any atom is 0.229 e. The van der Waals surface area contributed by atoms with Crippen LogP contribution in [-0.4, -0.2) is 44.0 Å². The molecule has 1 N–H and O–H groups in total. The number of nitrogens with one attached hydrogen (secondary N) is 1. The Kier molecular flexibility index (Phi) is 5.84. The highest BCUT2D eigenvalue weighted by molar-refractivity contribution is 5.98. The number of likely N-dealkylation sites (tertiary alicyclic amines) is 1. The molecular formula is C17H24N2O4. The highest BCUT2D eigenvalue weighted by Crippen LogP contribution is 2.30. The topological polar surface area (TPSA) is 67.9 Å². The molecule has 1 aromatic carbocycles. The van der Waals surface area contributed by atoms with E-state index in [1.165, 1.54) is 0 Å². The van der Waals surface area contributed by atoms with E-state index in [9.17, 15) is 9.59 Å². The standard InChI is InChI=1S/C17H24N2O4/c1-4-5-8-19-11-12(9-16(19)20)17(21)18-14-10-13(22-2)6-7-15(14)23-3/h6-7,10,12H,4-5,8-9,11H2,1-3H3,(H,18,21)/t12-/m1/s1. The summed E-state index contributed by atoms with van der Waals surface area (Å²) in [5, 5.41) is 2.85. The van der Waals surface area contributed by atoms with Crippen molar-refractivity contribution >= 4 is 17.5 Å². The van der Waals surface area contributed by atoms with Crippen molar-refractivity contribution in [2.45, 2.75) is 26.2 Å². The first kappa shape index (κ1) is 17.1. The summed E-state index contributed by atoms with van der Waals surface area (Å²) in [5.41, 5.74) is 0.552. The fourth-order valence-electron chi connectivity index (χ4n) is 2.66. The van der Waals surface area contributed by atoms with Crippen molar-refractivity contribution in [3.05, 3.63) is 18.2 Å². The maximum atomic E-state index is 12.5. The van der Waals surface area contributed by atoms with Gasteiger partial charge in [-0.2, -0.15) is 0 Å². The summed E-state index contributed by atoms with van der Waals surface area (Å²) in [4.78, 5) is 26.2. The van der Waals surface area contributed by atoms with Crippen molar-refractivity contribution in [2.75, 3.05) is 32.6 Å². The Bertz CT molecular complexity index is 574. The molecule has 0 aliphatic carbocycles. The molecule has 23 heavy (non-hydrogen) atoms. The molecule has 1 heterocycles. The summed E-state index contributed by atoms with van der Waals surface area (Å²) in [6.45, 7) is 3.29. The molecule has 0 aromatic heterocycles. The minimum atomic E-state index is -0.324. The van der Waals surface area contributed by atoms with Gasteiger partial charge in [-0.25, -0.2) is 0 Å². The molecule has 2 amide bonds. The molecule has 1 atom stereocenters. The molecule has 1 fully saturated rings. The van der Waals surface area contributed by atoms with Gasteiger partial charge in [0, 0.05) is 25.6 Å². The second kappa shape index (κ2) is 7.85. The summed E-state index contributed by atoms with van der Waals surface area (Å²) in [7, 11) is 3.11. The van der Waals surface area contributed by atoms with Crippen molar-refractivity contribution in [2.24, 2.45) is 5.92 Å². The third kappa shape index (κ3) is 4.15. The molecule has 0 unspecified atom stereocenters. The quantitative estimate of drug-likeness (QED) is 0.837. The molecule has 1 aliphatic heterocycles. The van der Waals surface area contributed by atoms with Crippen LogP contribution >= 0.6 is 0 Å². The molecule has 1 saturated heterocycles. The van der Waals surface area contributed by atoms with E-state index >= 15 is 0 Å². The normalized spacial score (nSPS) is 17.3. The van der Waals surface area contributed by atoms with E-state index in [2.05, 4.69) is 12.2 Å². The number of rotatable bonds is 7. The van der Waals surface area contributed by atoms with Crippen LogP contribution in [0.4, 0.5) is 5.69 Å². The third-order valence-corrected chi connectivity index (χ3v) is 4.03. The van der Waals surface area contributed by atoms with Crippen LogP contribution in [0.3, 0.4) is 0 Å². The van der Waals surface area contributed by atoms with Crippen LogP contribution in [0.1, 0.15) is 26.2 Å². The number of nitrogens with zero attached hydrogens (tertiary/aromatic N) is 1. The maximum absolute atomic E-state index is 12.5. The Morgan fingerprint density at radius 3 is 2.78 bits per heavy atom. The van der Waals surface area contributed by atoms with Gasteiger partial charge in [-0.1, -0.05) is 13.3 Å². The monoisotopic (exact) mass is 320 g/mol. The van der Waals surface area contributed by atoms with Gasteiger partial charge in [-0.15, -0.1) is 0 Å². The van der Waals surface area contributed by atoms with Crippen LogP contribution in [0.2, 0.25) is 0 Å². The minimum absolute atomic E-state index is 0.0520. The van der Waals surface area contributed by atoms with Gasteiger partial charge in [0.15, 0.2) is 0 Å². The van der Waals surface area contributed by atoms with Gasteiger partial charge in [-0.05, 0) is 18.6 Å². The molecule has 1 aliphatic rings. The number of anilines is 1. The van der Waals surface area contributed by atoms with Gasteiger partial charge in [0.1, 0.15) is 11.5 Å². The van der Waals surface area contributed by atoms with Gasteiger partial charge >= 0.3 is 0 Å². The van der Waals surface area contributed by atoms with Crippen molar-refractivity contribution < 1.29 is 19.1 Å². The molecule has 0 bridgehead atoms.